The smallest absolute Gasteiger partial charge is 0.321 e. The van der Waals surface area contributed by atoms with Crippen LogP contribution in [0, 0.1) is 17.8 Å². The van der Waals surface area contributed by atoms with E-state index in [-0.39, 0.29) is 11.8 Å². The van der Waals surface area contributed by atoms with Crippen LogP contribution in [0.15, 0.2) is 0 Å². The van der Waals surface area contributed by atoms with Crippen molar-refractivity contribution < 1.29 is 28.6 Å². The van der Waals surface area contributed by atoms with Gasteiger partial charge in [-0.2, -0.15) is 0 Å². The zero-order valence-electron chi connectivity index (χ0n) is 13.5. The van der Waals surface area contributed by atoms with Gasteiger partial charge in [0, 0.05) is 13.0 Å². The Kier molecular flexibility index (Phi) is 4.79. The van der Waals surface area contributed by atoms with Gasteiger partial charge in [-0.1, -0.05) is 0 Å². The van der Waals surface area contributed by atoms with Crippen LogP contribution >= 0.6 is 0 Å². The number of carbonyl (C=O) groups is 2. The van der Waals surface area contributed by atoms with E-state index in [0.29, 0.717) is 25.4 Å². The first-order valence-electron chi connectivity index (χ1n) is 8.56. The second kappa shape index (κ2) is 6.55. The maximum Gasteiger partial charge on any atom is 0.321 e. The topological polar surface area (TPSA) is 89.9 Å². The number of alkyl halides is 2. The summed E-state index contributed by atoms with van der Waals surface area (Å²) >= 11 is 0. The number of nitrogens with zero attached hydrogens (tertiary/aromatic N) is 1. The molecule has 1 saturated carbocycles. The van der Waals surface area contributed by atoms with E-state index in [1.165, 1.54) is 4.90 Å². The molecule has 0 aromatic heterocycles. The number of halogens is 2. The standard InChI is InChI=1S/C16H24F2N2O4/c17-16(18)5-13(15(23)24)20(8-16)7-9-1-2-10-6-19-12(14(21)22)4-11(10)3-9/h9-13,19H,1-8H2,(H,21,22)(H,23,24)/t9-,10-,11+,12-,13+/m0/s1. The highest BCUT2D eigenvalue weighted by molar-refractivity contribution is 5.74. The summed E-state index contributed by atoms with van der Waals surface area (Å²) in [6, 6.07) is -1.65. The maximum atomic E-state index is 13.6. The van der Waals surface area contributed by atoms with Gasteiger partial charge in [-0.15, -0.1) is 0 Å². The van der Waals surface area contributed by atoms with Crippen LogP contribution in [0.2, 0.25) is 0 Å². The minimum absolute atomic E-state index is 0.162. The number of fused-ring (bicyclic) bond motifs is 1. The van der Waals surface area contributed by atoms with Crippen LogP contribution in [-0.2, 0) is 9.59 Å². The number of likely N-dealkylation sites (tertiary alicyclic amines) is 1. The van der Waals surface area contributed by atoms with Gasteiger partial charge in [0.15, 0.2) is 0 Å². The number of carboxylic acid groups (broad SMARTS) is 2. The summed E-state index contributed by atoms with van der Waals surface area (Å²) < 4.78 is 27.2. The van der Waals surface area contributed by atoms with Crippen molar-refractivity contribution in [3.05, 3.63) is 0 Å². The fourth-order valence-electron chi connectivity index (χ4n) is 4.67. The summed E-state index contributed by atoms with van der Waals surface area (Å²) in [5, 5.41) is 21.4. The molecule has 0 amide bonds. The van der Waals surface area contributed by atoms with E-state index >= 15 is 0 Å². The maximum absolute atomic E-state index is 13.6. The monoisotopic (exact) mass is 346 g/mol. The average molecular weight is 346 g/mol. The van der Waals surface area contributed by atoms with Crippen molar-refractivity contribution in [2.24, 2.45) is 17.8 Å². The highest BCUT2D eigenvalue weighted by atomic mass is 19.3. The van der Waals surface area contributed by atoms with E-state index < -0.39 is 42.9 Å². The number of piperidine rings is 1. The number of carboxylic acids is 2. The summed E-state index contributed by atoms with van der Waals surface area (Å²) in [6.45, 7) is 0.558. The van der Waals surface area contributed by atoms with Crippen LogP contribution in [0.4, 0.5) is 8.78 Å². The molecule has 136 valence electrons. The highest BCUT2D eigenvalue weighted by Gasteiger charge is 2.49. The number of aliphatic carboxylic acids is 2. The molecule has 0 unspecified atom stereocenters. The fourth-order valence-corrected chi connectivity index (χ4v) is 4.67. The molecule has 1 aliphatic carbocycles. The molecule has 5 atom stereocenters. The van der Waals surface area contributed by atoms with Gasteiger partial charge in [0.25, 0.3) is 5.92 Å². The molecule has 6 nitrogen and oxygen atoms in total. The molecule has 8 heteroatoms. The van der Waals surface area contributed by atoms with Crippen molar-refractivity contribution in [1.82, 2.24) is 10.2 Å². The molecule has 0 aromatic rings. The van der Waals surface area contributed by atoms with Crippen LogP contribution in [0.5, 0.6) is 0 Å². The SMILES string of the molecule is O=C(O)[C@@H]1C[C@H]2C[C@@H](CN3CC(F)(F)C[C@@H]3C(=O)O)CC[C@H]2CN1. The molecule has 2 saturated heterocycles. The second-order valence-electron chi connectivity index (χ2n) is 7.58. The fraction of sp³-hybridized carbons (Fsp3) is 0.875. The third kappa shape index (κ3) is 3.69. The quantitative estimate of drug-likeness (QED) is 0.710. The van der Waals surface area contributed by atoms with Crippen LogP contribution in [0.3, 0.4) is 0 Å². The van der Waals surface area contributed by atoms with E-state index in [4.69, 9.17) is 5.11 Å². The van der Waals surface area contributed by atoms with Crippen LogP contribution in [-0.4, -0.2) is 64.7 Å². The minimum Gasteiger partial charge on any atom is -0.480 e. The zero-order chi connectivity index (χ0) is 17.5. The summed E-state index contributed by atoms with van der Waals surface area (Å²) in [5.74, 6) is -4.10. The number of nitrogens with one attached hydrogen (secondary N) is 1. The molecule has 2 aliphatic heterocycles. The van der Waals surface area contributed by atoms with E-state index in [1.54, 1.807) is 0 Å². The highest BCUT2D eigenvalue weighted by Crippen LogP contribution is 2.40. The lowest BCUT2D eigenvalue weighted by molar-refractivity contribution is -0.143. The Morgan fingerprint density at radius 1 is 1.12 bits per heavy atom. The third-order valence-corrected chi connectivity index (χ3v) is 5.86. The minimum atomic E-state index is -2.94. The first-order valence-corrected chi connectivity index (χ1v) is 8.56. The van der Waals surface area contributed by atoms with Crippen LogP contribution < -0.4 is 5.32 Å². The van der Waals surface area contributed by atoms with E-state index in [0.717, 1.165) is 19.3 Å². The molecular weight excluding hydrogens is 322 g/mol. The summed E-state index contributed by atoms with van der Waals surface area (Å²) in [4.78, 5) is 23.8. The summed E-state index contributed by atoms with van der Waals surface area (Å²) in [6.07, 6.45) is 2.57. The molecule has 0 spiro atoms. The molecule has 3 aliphatic rings. The van der Waals surface area contributed by atoms with Gasteiger partial charge in [-0.25, -0.2) is 8.78 Å². The Hall–Kier alpha value is -1.28. The predicted molar refractivity (Wildman–Crippen MR) is 80.9 cm³/mol. The van der Waals surface area contributed by atoms with Gasteiger partial charge in [0.2, 0.25) is 0 Å². The molecule has 3 fully saturated rings. The van der Waals surface area contributed by atoms with Crippen molar-refractivity contribution in [2.45, 2.75) is 50.1 Å². The molecule has 0 radical (unpaired) electrons. The Morgan fingerprint density at radius 2 is 1.88 bits per heavy atom. The Morgan fingerprint density at radius 3 is 2.54 bits per heavy atom. The normalized spacial score (nSPS) is 39.3. The number of rotatable bonds is 4. The molecule has 0 bridgehead atoms. The number of hydrogen-bond acceptors (Lipinski definition) is 4. The lowest BCUT2D eigenvalue weighted by atomic mass is 9.69. The van der Waals surface area contributed by atoms with Crippen molar-refractivity contribution in [1.29, 1.82) is 0 Å². The summed E-state index contributed by atoms with van der Waals surface area (Å²) in [7, 11) is 0. The van der Waals surface area contributed by atoms with E-state index in [2.05, 4.69) is 5.32 Å². The average Bonchev–Trinajstić information content (AvgIpc) is 2.81. The predicted octanol–water partition coefficient (Wildman–Crippen LogP) is 1.26. The second-order valence-corrected chi connectivity index (χ2v) is 7.58. The van der Waals surface area contributed by atoms with Crippen LogP contribution in [0.25, 0.3) is 0 Å². The van der Waals surface area contributed by atoms with E-state index in [9.17, 15) is 23.5 Å². The third-order valence-electron chi connectivity index (χ3n) is 5.86. The lowest BCUT2D eigenvalue weighted by Crippen LogP contribution is -2.50. The van der Waals surface area contributed by atoms with Gasteiger partial charge < -0.3 is 15.5 Å². The van der Waals surface area contributed by atoms with Crippen molar-refractivity contribution in [3.63, 3.8) is 0 Å². The van der Waals surface area contributed by atoms with Gasteiger partial charge in [0.05, 0.1) is 6.54 Å². The molecule has 3 rings (SSSR count). The van der Waals surface area contributed by atoms with E-state index in [1.807, 2.05) is 0 Å². The van der Waals surface area contributed by atoms with Crippen molar-refractivity contribution in [2.75, 3.05) is 19.6 Å². The van der Waals surface area contributed by atoms with Gasteiger partial charge >= 0.3 is 11.9 Å². The van der Waals surface area contributed by atoms with Crippen LogP contribution in [0.1, 0.15) is 32.1 Å². The number of hydrogen-bond donors (Lipinski definition) is 3. The molecular formula is C16H24F2N2O4. The molecule has 3 N–H and O–H groups in total. The van der Waals surface area contributed by atoms with Gasteiger partial charge in [0.1, 0.15) is 12.1 Å². The van der Waals surface area contributed by atoms with Gasteiger partial charge in [-0.05, 0) is 50.0 Å². The Labute approximate surface area is 139 Å². The molecule has 0 aromatic carbocycles. The van der Waals surface area contributed by atoms with Crippen molar-refractivity contribution in [3.8, 4) is 0 Å². The summed E-state index contributed by atoms with van der Waals surface area (Å²) in [5.41, 5.74) is 0. The van der Waals surface area contributed by atoms with Gasteiger partial charge in [-0.3, -0.25) is 14.5 Å². The Balaban J connectivity index is 1.60. The first kappa shape index (κ1) is 17.5. The molecule has 2 heterocycles. The van der Waals surface area contributed by atoms with Crippen molar-refractivity contribution >= 4 is 11.9 Å². The molecule has 24 heavy (non-hydrogen) atoms. The largest absolute Gasteiger partial charge is 0.480 e. The first-order chi connectivity index (χ1) is 11.2. The zero-order valence-corrected chi connectivity index (χ0v) is 13.5. The lowest BCUT2D eigenvalue weighted by Gasteiger charge is -2.42. The Bertz CT molecular complexity index is 516.